The van der Waals surface area contributed by atoms with E-state index in [4.69, 9.17) is 27.7 Å². The Hall–Kier alpha value is -2.44. The standard InChI is InChI=1S/C19H16Cl2FN3O2/c1-11(13-9-16(22)15(21)10-14(13)20)23-17(26)7-8-18-24-19(25-27-18)12-5-3-2-4-6-12/h2-6,9-11H,7-8H2,1H3,(H,23,26)/t11-/m0/s1. The number of hydrogen-bond donors (Lipinski definition) is 1. The van der Waals surface area contributed by atoms with Crippen LogP contribution in [0.5, 0.6) is 0 Å². The van der Waals surface area contributed by atoms with Gasteiger partial charge in [-0.3, -0.25) is 4.79 Å². The largest absolute Gasteiger partial charge is 0.350 e. The molecule has 0 saturated heterocycles. The molecule has 1 aromatic heterocycles. The molecule has 0 saturated carbocycles. The summed E-state index contributed by atoms with van der Waals surface area (Å²) in [7, 11) is 0. The van der Waals surface area contributed by atoms with Crippen LogP contribution in [0.15, 0.2) is 47.0 Å². The third-order valence-corrected chi connectivity index (χ3v) is 4.57. The second-order valence-corrected chi connectivity index (χ2v) is 6.77. The van der Waals surface area contributed by atoms with E-state index >= 15 is 0 Å². The molecule has 5 nitrogen and oxygen atoms in total. The molecule has 0 fully saturated rings. The van der Waals surface area contributed by atoms with E-state index in [1.165, 1.54) is 12.1 Å². The lowest BCUT2D eigenvalue weighted by Gasteiger charge is -2.16. The molecule has 3 rings (SSSR count). The summed E-state index contributed by atoms with van der Waals surface area (Å²) in [5.74, 6) is 0.0138. The van der Waals surface area contributed by atoms with Crippen molar-refractivity contribution >= 4 is 29.1 Å². The van der Waals surface area contributed by atoms with Gasteiger partial charge < -0.3 is 9.84 Å². The maximum Gasteiger partial charge on any atom is 0.227 e. The number of benzene rings is 2. The van der Waals surface area contributed by atoms with Crippen LogP contribution in [0.1, 0.15) is 30.8 Å². The predicted molar refractivity (Wildman–Crippen MR) is 101 cm³/mol. The van der Waals surface area contributed by atoms with Gasteiger partial charge in [-0.15, -0.1) is 0 Å². The number of halogens is 3. The monoisotopic (exact) mass is 407 g/mol. The van der Waals surface area contributed by atoms with Crippen molar-refractivity contribution in [2.45, 2.75) is 25.8 Å². The molecular formula is C19H16Cl2FN3O2. The molecule has 0 unspecified atom stereocenters. The fraction of sp³-hybridized carbons (Fsp3) is 0.211. The maximum absolute atomic E-state index is 13.6. The molecule has 0 bridgehead atoms. The summed E-state index contributed by atoms with van der Waals surface area (Å²) in [5.41, 5.74) is 1.29. The normalized spacial score (nSPS) is 12.0. The van der Waals surface area contributed by atoms with E-state index in [0.29, 0.717) is 28.7 Å². The number of carbonyl (C=O) groups is 1. The highest BCUT2D eigenvalue weighted by molar-refractivity contribution is 6.35. The van der Waals surface area contributed by atoms with Crippen LogP contribution in [-0.2, 0) is 11.2 Å². The van der Waals surface area contributed by atoms with Crippen molar-refractivity contribution in [2.75, 3.05) is 0 Å². The summed E-state index contributed by atoms with van der Waals surface area (Å²) in [6.45, 7) is 1.71. The summed E-state index contributed by atoms with van der Waals surface area (Å²) >= 11 is 11.8. The molecule has 0 aliphatic rings. The van der Waals surface area contributed by atoms with Crippen molar-refractivity contribution < 1.29 is 13.7 Å². The highest BCUT2D eigenvalue weighted by Gasteiger charge is 2.16. The van der Waals surface area contributed by atoms with Crippen molar-refractivity contribution in [3.05, 3.63) is 69.8 Å². The van der Waals surface area contributed by atoms with Crippen LogP contribution in [0.25, 0.3) is 11.4 Å². The van der Waals surface area contributed by atoms with Gasteiger partial charge in [-0.2, -0.15) is 4.98 Å². The fourth-order valence-electron chi connectivity index (χ4n) is 2.54. The lowest BCUT2D eigenvalue weighted by Crippen LogP contribution is -2.27. The molecule has 3 aromatic rings. The number of amides is 1. The van der Waals surface area contributed by atoms with Gasteiger partial charge in [0.2, 0.25) is 17.6 Å². The van der Waals surface area contributed by atoms with Gasteiger partial charge in [0.1, 0.15) is 5.82 Å². The molecule has 1 atom stereocenters. The lowest BCUT2D eigenvalue weighted by atomic mass is 10.1. The van der Waals surface area contributed by atoms with E-state index in [0.717, 1.165) is 5.56 Å². The van der Waals surface area contributed by atoms with E-state index in [2.05, 4.69) is 15.5 Å². The Morgan fingerprint density at radius 3 is 2.70 bits per heavy atom. The first kappa shape index (κ1) is 19.3. The Morgan fingerprint density at radius 1 is 1.22 bits per heavy atom. The average molecular weight is 408 g/mol. The molecule has 8 heteroatoms. The van der Waals surface area contributed by atoms with Crippen molar-refractivity contribution in [3.63, 3.8) is 0 Å². The first-order valence-electron chi connectivity index (χ1n) is 8.26. The third kappa shape index (κ3) is 4.84. The number of hydrogen-bond acceptors (Lipinski definition) is 4. The van der Waals surface area contributed by atoms with Gasteiger partial charge in [-0.05, 0) is 24.6 Å². The van der Waals surface area contributed by atoms with Gasteiger partial charge in [0.25, 0.3) is 0 Å². The lowest BCUT2D eigenvalue weighted by molar-refractivity contribution is -0.121. The highest BCUT2D eigenvalue weighted by atomic mass is 35.5. The van der Waals surface area contributed by atoms with Crippen LogP contribution in [-0.4, -0.2) is 16.0 Å². The second-order valence-electron chi connectivity index (χ2n) is 5.95. The summed E-state index contributed by atoms with van der Waals surface area (Å²) in [5, 5.41) is 6.91. The number of carbonyl (C=O) groups excluding carboxylic acids is 1. The van der Waals surface area contributed by atoms with Gasteiger partial charge >= 0.3 is 0 Å². The number of nitrogens with zero attached hydrogens (tertiary/aromatic N) is 2. The molecule has 0 radical (unpaired) electrons. The number of nitrogens with one attached hydrogen (secondary N) is 1. The van der Waals surface area contributed by atoms with E-state index in [9.17, 15) is 9.18 Å². The van der Waals surface area contributed by atoms with Crippen LogP contribution >= 0.6 is 23.2 Å². The molecular weight excluding hydrogens is 392 g/mol. The van der Waals surface area contributed by atoms with Gasteiger partial charge in [-0.25, -0.2) is 4.39 Å². The van der Waals surface area contributed by atoms with Gasteiger partial charge in [0.15, 0.2) is 0 Å². The van der Waals surface area contributed by atoms with Crippen molar-refractivity contribution in [1.82, 2.24) is 15.5 Å². The minimum absolute atomic E-state index is 0.0621. The van der Waals surface area contributed by atoms with Crippen molar-refractivity contribution in [2.24, 2.45) is 0 Å². The zero-order valence-corrected chi connectivity index (χ0v) is 15.9. The van der Waals surface area contributed by atoms with Crippen LogP contribution in [0.3, 0.4) is 0 Å². The molecule has 2 aromatic carbocycles. The summed E-state index contributed by atoms with van der Waals surface area (Å²) in [6.07, 6.45) is 0.440. The Labute approximate surface area is 165 Å². The number of aromatic nitrogens is 2. The summed E-state index contributed by atoms with van der Waals surface area (Å²) < 4.78 is 18.8. The maximum atomic E-state index is 13.6. The third-order valence-electron chi connectivity index (χ3n) is 3.95. The van der Waals surface area contributed by atoms with Crippen LogP contribution < -0.4 is 5.32 Å². The smallest absolute Gasteiger partial charge is 0.227 e. The molecule has 0 spiro atoms. The SMILES string of the molecule is C[C@H](NC(=O)CCc1nc(-c2ccccc2)no1)c1cc(F)c(Cl)cc1Cl. The van der Waals surface area contributed by atoms with E-state index in [1.807, 2.05) is 30.3 Å². The Morgan fingerprint density at radius 2 is 1.96 bits per heavy atom. The van der Waals surface area contributed by atoms with Gasteiger partial charge in [-0.1, -0.05) is 58.7 Å². The van der Waals surface area contributed by atoms with Gasteiger partial charge in [0, 0.05) is 23.4 Å². The Balaban J connectivity index is 1.57. The second kappa shape index (κ2) is 8.50. The van der Waals surface area contributed by atoms with E-state index in [1.54, 1.807) is 6.92 Å². The van der Waals surface area contributed by atoms with E-state index < -0.39 is 11.9 Å². The molecule has 1 amide bonds. The quantitative estimate of drug-likeness (QED) is 0.584. The van der Waals surface area contributed by atoms with Crippen LogP contribution in [0, 0.1) is 5.82 Å². The predicted octanol–water partition coefficient (Wildman–Crippen LogP) is 4.99. The zero-order valence-electron chi connectivity index (χ0n) is 14.4. The number of aryl methyl sites for hydroxylation is 1. The van der Waals surface area contributed by atoms with Crippen molar-refractivity contribution in [3.8, 4) is 11.4 Å². The van der Waals surface area contributed by atoms with E-state index in [-0.39, 0.29) is 17.4 Å². The highest BCUT2D eigenvalue weighted by Crippen LogP contribution is 2.28. The Bertz CT molecular complexity index is 947. The first-order valence-corrected chi connectivity index (χ1v) is 9.01. The van der Waals surface area contributed by atoms with Crippen LogP contribution in [0.2, 0.25) is 10.0 Å². The molecule has 1 N–H and O–H groups in total. The molecule has 0 aliphatic carbocycles. The first-order chi connectivity index (χ1) is 12.9. The molecule has 140 valence electrons. The molecule has 1 heterocycles. The topological polar surface area (TPSA) is 68.0 Å². The minimum atomic E-state index is -0.587. The van der Waals surface area contributed by atoms with Gasteiger partial charge in [0.05, 0.1) is 11.1 Å². The fourth-order valence-corrected chi connectivity index (χ4v) is 3.09. The Kier molecular flexibility index (Phi) is 6.08. The average Bonchev–Trinajstić information content (AvgIpc) is 3.13. The molecule has 27 heavy (non-hydrogen) atoms. The molecule has 0 aliphatic heterocycles. The minimum Gasteiger partial charge on any atom is -0.350 e. The van der Waals surface area contributed by atoms with Crippen LogP contribution in [0.4, 0.5) is 4.39 Å². The summed E-state index contributed by atoms with van der Waals surface area (Å²) in [6, 6.07) is 11.5. The summed E-state index contributed by atoms with van der Waals surface area (Å²) in [4.78, 5) is 16.5. The van der Waals surface area contributed by atoms with Crippen molar-refractivity contribution in [1.29, 1.82) is 0 Å². The zero-order chi connectivity index (χ0) is 19.4. The number of rotatable bonds is 6.